The van der Waals surface area contributed by atoms with E-state index < -0.39 is 56.2 Å². The van der Waals surface area contributed by atoms with E-state index in [2.05, 4.69) is 10.6 Å². The summed E-state index contributed by atoms with van der Waals surface area (Å²) >= 11 is 5.97. The van der Waals surface area contributed by atoms with Gasteiger partial charge in [-0.1, -0.05) is 16.8 Å². The van der Waals surface area contributed by atoms with Crippen molar-refractivity contribution in [3.63, 3.8) is 0 Å². The van der Waals surface area contributed by atoms with Crippen LogP contribution in [0.15, 0.2) is 17.3 Å². The summed E-state index contributed by atoms with van der Waals surface area (Å²) in [5.41, 5.74) is 4.56. The number of benzene rings is 1. The van der Waals surface area contributed by atoms with E-state index >= 15 is 0 Å². The Bertz CT molecular complexity index is 1190. The summed E-state index contributed by atoms with van der Waals surface area (Å²) in [4.78, 5) is 42.0. The lowest BCUT2D eigenvalue weighted by molar-refractivity contribution is -0.141. The Kier molecular flexibility index (Phi) is 5.52. The highest BCUT2D eigenvalue weighted by Crippen LogP contribution is 2.41. The minimum atomic E-state index is -3.71. The largest absolute Gasteiger partial charge is 0.504 e. The molecule has 0 aliphatic carbocycles. The smallest absolute Gasteiger partial charge is 0.426 e. The molecule has 0 saturated carbocycles. The van der Waals surface area contributed by atoms with E-state index in [9.17, 15) is 33.0 Å². The minimum absolute atomic E-state index is 0.0476. The first-order chi connectivity index (χ1) is 15.4. The number of phenolic OH excluding ortho intramolecular Hbond substituents is 2. The number of carbonyl (C=O) groups excluding carboxylic acids is 3. The first-order valence-electron chi connectivity index (χ1n) is 9.63. The second-order valence-corrected chi connectivity index (χ2v) is 11.0. The van der Waals surface area contributed by atoms with Gasteiger partial charge < -0.3 is 24.7 Å². The molecule has 33 heavy (non-hydrogen) atoms. The molecule has 0 radical (unpaired) electrons. The van der Waals surface area contributed by atoms with Crippen LogP contribution in [-0.2, 0) is 29.0 Å². The molecule has 1 unspecified atom stereocenters. The number of aromatic hydroxyl groups is 2. The normalized spacial score (nSPS) is 27.2. The van der Waals surface area contributed by atoms with Crippen molar-refractivity contribution in [1.82, 2.24) is 15.8 Å². The molecule has 178 valence electrons. The number of hydrazine groups is 1. The summed E-state index contributed by atoms with van der Waals surface area (Å²) in [6, 6.07) is 2.59. The van der Waals surface area contributed by atoms with Crippen LogP contribution in [0.1, 0.15) is 25.3 Å². The number of rotatable bonds is 4. The standard InChI is InChI=1S/C18H19ClN4O9S/c1-18(6-23-12(25)5-13(23)33(18,29)30)7-31-17(28)21-20-16(27)11-4-9(22-32-11)8-2-3-10(24)15(26)14(8)19/h2-3,11,13,24,26H,4-7H2,1H3,(H,20,27)(H,21,28)/t11?,13-,18-/m1/s1. The molecule has 3 amide bonds. The number of oxime groups is 1. The summed E-state index contributed by atoms with van der Waals surface area (Å²) in [7, 11) is -3.71. The summed E-state index contributed by atoms with van der Waals surface area (Å²) in [6.45, 7) is 0.800. The van der Waals surface area contributed by atoms with Crippen LogP contribution in [0.3, 0.4) is 0 Å². The van der Waals surface area contributed by atoms with Crippen LogP contribution in [0.2, 0.25) is 5.02 Å². The van der Waals surface area contributed by atoms with Gasteiger partial charge in [-0.25, -0.2) is 18.6 Å². The molecule has 4 N–H and O–H groups in total. The summed E-state index contributed by atoms with van der Waals surface area (Å²) < 4.78 is 28.6. The Labute approximate surface area is 192 Å². The zero-order valence-corrected chi connectivity index (χ0v) is 18.6. The highest BCUT2D eigenvalue weighted by molar-refractivity contribution is 7.93. The molecule has 3 aliphatic heterocycles. The lowest BCUT2D eigenvalue weighted by atomic mass is 10.0. The molecule has 4 rings (SSSR count). The Morgan fingerprint density at radius 2 is 2.06 bits per heavy atom. The second kappa shape index (κ2) is 7.95. The number of nitrogens with one attached hydrogen (secondary N) is 2. The molecule has 0 bridgehead atoms. The number of ether oxygens (including phenoxy) is 1. The number of hydrogen-bond donors (Lipinski definition) is 4. The molecule has 3 heterocycles. The van der Waals surface area contributed by atoms with Gasteiger partial charge >= 0.3 is 6.09 Å². The molecule has 13 nitrogen and oxygen atoms in total. The fourth-order valence-electron chi connectivity index (χ4n) is 3.70. The van der Waals surface area contributed by atoms with Crippen molar-refractivity contribution in [3.8, 4) is 11.5 Å². The monoisotopic (exact) mass is 502 g/mol. The van der Waals surface area contributed by atoms with Gasteiger partial charge in [0.05, 0.1) is 17.2 Å². The minimum Gasteiger partial charge on any atom is -0.504 e. The maximum atomic E-state index is 12.5. The lowest BCUT2D eigenvalue weighted by Crippen LogP contribution is -2.50. The predicted octanol–water partition coefficient (Wildman–Crippen LogP) is -0.253. The van der Waals surface area contributed by atoms with Crippen LogP contribution in [0.4, 0.5) is 4.79 Å². The molecular formula is C18H19ClN4O9S. The van der Waals surface area contributed by atoms with E-state index in [0.717, 1.165) is 0 Å². The average molecular weight is 503 g/mol. The van der Waals surface area contributed by atoms with Crippen molar-refractivity contribution < 1.29 is 42.6 Å². The third kappa shape index (κ3) is 3.78. The van der Waals surface area contributed by atoms with Gasteiger partial charge in [0.15, 0.2) is 21.3 Å². The average Bonchev–Trinajstić information content (AvgIpc) is 3.31. The zero-order valence-electron chi connectivity index (χ0n) is 17.1. The SMILES string of the molecule is C[C@]1(COC(=O)NNC(=O)C2CC(c3ccc(O)c(O)c3Cl)=NO2)CN2C(=O)C[C@H]2S1(=O)=O. The van der Waals surface area contributed by atoms with E-state index in [1.807, 2.05) is 5.43 Å². The number of nitrogens with zero attached hydrogens (tertiary/aromatic N) is 2. The number of phenols is 2. The number of sulfone groups is 1. The zero-order chi connectivity index (χ0) is 24.1. The van der Waals surface area contributed by atoms with Crippen LogP contribution in [-0.4, -0.2) is 76.5 Å². The topological polar surface area (TPSA) is 184 Å². The van der Waals surface area contributed by atoms with Crippen molar-refractivity contribution in [2.75, 3.05) is 13.2 Å². The van der Waals surface area contributed by atoms with E-state index in [0.29, 0.717) is 0 Å². The molecule has 0 aromatic heterocycles. The number of β-lactam (4-membered cyclic amide) rings is 1. The van der Waals surface area contributed by atoms with Crippen molar-refractivity contribution in [1.29, 1.82) is 0 Å². The maximum absolute atomic E-state index is 12.5. The Morgan fingerprint density at radius 1 is 1.33 bits per heavy atom. The van der Waals surface area contributed by atoms with Gasteiger partial charge in [-0.2, -0.15) is 0 Å². The van der Waals surface area contributed by atoms with Gasteiger partial charge in [0, 0.05) is 18.5 Å². The van der Waals surface area contributed by atoms with E-state index in [4.69, 9.17) is 21.2 Å². The highest BCUT2D eigenvalue weighted by Gasteiger charge is 2.62. The van der Waals surface area contributed by atoms with E-state index in [1.54, 1.807) is 0 Å². The number of carbonyl (C=O) groups is 3. The van der Waals surface area contributed by atoms with Crippen LogP contribution in [0.25, 0.3) is 0 Å². The maximum Gasteiger partial charge on any atom is 0.426 e. The molecule has 3 aliphatic rings. The van der Waals surface area contributed by atoms with Gasteiger partial charge in [-0.05, 0) is 19.1 Å². The van der Waals surface area contributed by atoms with Crippen molar-refractivity contribution >= 4 is 45.1 Å². The molecule has 2 saturated heterocycles. The molecule has 2 fully saturated rings. The number of halogens is 1. The third-order valence-corrected chi connectivity index (χ3v) is 8.87. The number of hydrogen-bond acceptors (Lipinski definition) is 10. The summed E-state index contributed by atoms with van der Waals surface area (Å²) in [6.07, 6.45) is -2.37. The molecule has 15 heteroatoms. The molecule has 3 atom stereocenters. The van der Waals surface area contributed by atoms with Crippen molar-refractivity contribution in [2.24, 2.45) is 5.16 Å². The predicted molar refractivity (Wildman–Crippen MR) is 111 cm³/mol. The van der Waals surface area contributed by atoms with Gasteiger partial charge in [0.25, 0.3) is 5.91 Å². The lowest BCUT2D eigenvalue weighted by Gasteiger charge is -2.31. The first kappa shape index (κ1) is 22.9. The fourth-order valence-corrected chi connectivity index (χ4v) is 6.06. The van der Waals surface area contributed by atoms with Crippen LogP contribution >= 0.6 is 11.6 Å². The van der Waals surface area contributed by atoms with Gasteiger partial charge in [0.1, 0.15) is 16.7 Å². The van der Waals surface area contributed by atoms with Gasteiger partial charge in [-0.3, -0.25) is 15.0 Å². The van der Waals surface area contributed by atoms with E-state index in [-0.39, 0.29) is 41.6 Å². The fraction of sp³-hybridized carbons (Fsp3) is 0.444. The first-order valence-corrected chi connectivity index (χ1v) is 11.6. The van der Waals surface area contributed by atoms with E-state index in [1.165, 1.54) is 24.0 Å². The Hall–Kier alpha value is -3.26. The van der Waals surface area contributed by atoms with Crippen molar-refractivity contribution in [3.05, 3.63) is 22.7 Å². The highest BCUT2D eigenvalue weighted by atomic mass is 35.5. The summed E-state index contributed by atoms with van der Waals surface area (Å²) in [5.74, 6) is -2.01. The molecule has 1 aromatic rings. The second-order valence-electron chi connectivity index (χ2n) is 8.00. The molecular weight excluding hydrogens is 484 g/mol. The molecule has 0 spiro atoms. The van der Waals surface area contributed by atoms with Gasteiger partial charge in [-0.15, -0.1) is 0 Å². The third-order valence-electron chi connectivity index (χ3n) is 5.73. The molecule has 1 aromatic carbocycles. The summed E-state index contributed by atoms with van der Waals surface area (Å²) in [5, 5.41) is 21.9. The Morgan fingerprint density at radius 3 is 2.73 bits per heavy atom. The van der Waals surface area contributed by atoms with Gasteiger partial charge in [0.2, 0.25) is 12.0 Å². The Balaban J connectivity index is 1.27. The quantitative estimate of drug-likeness (QED) is 0.245. The van der Waals surface area contributed by atoms with Crippen LogP contribution in [0.5, 0.6) is 11.5 Å². The van der Waals surface area contributed by atoms with Crippen LogP contribution in [0, 0.1) is 0 Å². The number of amides is 3. The van der Waals surface area contributed by atoms with Crippen molar-refractivity contribution in [2.45, 2.75) is 36.0 Å². The number of fused-ring (bicyclic) bond motifs is 1. The van der Waals surface area contributed by atoms with Crippen LogP contribution < -0.4 is 10.9 Å².